The SMILES string of the molecule is Cc1cc(C)cc(CC(=O)CCCNC(C)C)c1. The second-order valence-corrected chi connectivity index (χ2v) is 5.42. The summed E-state index contributed by atoms with van der Waals surface area (Å²) in [5, 5.41) is 3.33. The second kappa shape index (κ2) is 7.32. The Hall–Kier alpha value is -1.15. The van der Waals surface area contributed by atoms with E-state index in [0.29, 0.717) is 24.7 Å². The van der Waals surface area contributed by atoms with Gasteiger partial charge in [-0.1, -0.05) is 43.2 Å². The van der Waals surface area contributed by atoms with Gasteiger partial charge in [0.05, 0.1) is 0 Å². The maximum atomic E-state index is 11.9. The molecule has 0 heterocycles. The summed E-state index contributed by atoms with van der Waals surface area (Å²) in [6.45, 7) is 9.33. The van der Waals surface area contributed by atoms with Crippen LogP contribution in [0.2, 0.25) is 0 Å². The molecule has 0 radical (unpaired) electrons. The number of hydrogen-bond donors (Lipinski definition) is 1. The third kappa shape index (κ3) is 5.97. The Morgan fingerprint density at radius 2 is 1.78 bits per heavy atom. The van der Waals surface area contributed by atoms with Crippen LogP contribution in [-0.4, -0.2) is 18.4 Å². The van der Waals surface area contributed by atoms with Gasteiger partial charge in [-0.2, -0.15) is 0 Å². The molecule has 0 saturated heterocycles. The van der Waals surface area contributed by atoms with Crippen molar-refractivity contribution in [3.05, 3.63) is 34.9 Å². The molecule has 0 saturated carbocycles. The molecule has 0 amide bonds. The van der Waals surface area contributed by atoms with Crippen molar-refractivity contribution in [2.24, 2.45) is 0 Å². The van der Waals surface area contributed by atoms with E-state index in [0.717, 1.165) is 18.5 Å². The summed E-state index contributed by atoms with van der Waals surface area (Å²) in [5.74, 6) is 0.338. The monoisotopic (exact) mass is 247 g/mol. The van der Waals surface area contributed by atoms with Crippen LogP contribution in [0.4, 0.5) is 0 Å². The predicted octanol–water partition coefficient (Wildman–Crippen LogP) is 3.19. The quantitative estimate of drug-likeness (QED) is 0.750. The lowest BCUT2D eigenvalue weighted by Crippen LogP contribution is -2.24. The van der Waals surface area contributed by atoms with Crippen LogP contribution >= 0.6 is 0 Å². The number of ketones is 1. The van der Waals surface area contributed by atoms with Gasteiger partial charge in [0.25, 0.3) is 0 Å². The Labute approximate surface area is 111 Å². The highest BCUT2D eigenvalue weighted by molar-refractivity contribution is 5.80. The summed E-state index contributed by atoms with van der Waals surface area (Å²) in [4.78, 5) is 11.9. The Morgan fingerprint density at radius 1 is 1.17 bits per heavy atom. The van der Waals surface area contributed by atoms with Crippen LogP contribution in [0.1, 0.15) is 43.4 Å². The number of aryl methyl sites for hydroxylation is 2. The van der Waals surface area contributed by atoms with Crippen LogP contribution < -0.4 is 5.32 Å². The Morgan fingerprint density at radius 3 is 2.33 bits per heavy atom. The van der Waals surface area contributed by atoms with Gasteiger partial charge < -0.3 is 5.32 Å². The summed E-state index contributed by atoms with van der Waals surface area (Å²) >= 11 is 0. The Balaban J connectivity index is 2.35. The molecule has 0 bridgehead atoms. The molecule has 1 N–H and O–H groups in total. The average molecular weight is 247 g/mol. The van der Waals surface area contributed by atoms with Crippen LogP contribution in [0, 0.1) is 13.8 Å². The van der Waals surface area contributed by atoms with E-state index in [1.807, 2.05) is 0 Å². The maximum Gasteiger partial charge on any atom is 0.137 e. The van der Waals surface area contributed by atoms with Gasteiger partial charge in [0.2, 0.25) is 0 Å². The van der Waals surface area contributed by atoms with Crippen LogP contribution in [0.3, 0.4) is 0 Å². The van der Waals surface area contributed by atoms with Crippen LogP contribution in [-0.2, 0) is 11.2 Å². The van der Waals surface area contributed by atoms with Crippen molar-refractivity contribution in [3.8, 4) is 0 Å². The van der Waals surface area contributed by atoms with Gasteiger partial charge in [-0.05, 0) is 32.4 Å². The molecule has 0 aliphatic carbocycles. The molecule has 0 aromatic heterocycles. The molecule has 0 unspecified atom stereocenters. The average Bonchev–Trinajstić information content (AvgIpc) is 2.22. The van der Waals surface area contributed by atoms with Crippen molar-refractivity contribution in [1.82, 2.24) is 5.32 Å². The van der Waals surface area contributed by atoms with Gasteiger partial charge in [-0.3, -0.25) is 4.79 Å². The molecule has 0 fully saturated rings. The number of carbonyl (C=O) groups is 1. The van der Waals surface area contributed by atoms with Gasteiger partial charge in [0.15, 0.2) is 0 Å². The molecule has 2 heteroatoms. The standard InChI is InChI=1S/C16H25NO/c1-12(2)17-7-5-6-16(18)11-15-9-13(3)8-14(4)10-15/h8-10,12,17H,5-7,11H2,1-4H3. The number of carbonyl (C=O) groups excluding carboxylic acids is 1. The van der Waals surface area contributed by atoms with Crippen LogP contribution in [0.5, 0.6) is 0 Å². The van der Waals surface area contributed by atoms with Crippen molar-refractivity contribution in [3.63, 3.8) is 0 Å². The number of nitrogens with one attached hydrogen (secondary N) is 1. The molecule has 0 spiro atoms. The zero-order valence-electron chi connectivity index (χ0n) is 12.0. The molecular weight excluding hydrogens is 222 g/mol. The minimum atomic E-state index is 0.338. The largest absolute Gasteiger partial charge is 0.315 e. The van der Waals surface area contributed by atoms with Crippen molar-refractivity contribution in [2.75, 3.05) is 6.54 Å². The lowest BCUT2D eigenvalue weighted by atomic mass is 10.0. The summed E-state index contributed by atoms with van der Waals surface area (Å²) in [5.41, 5.74) is 3.62. The predicted molar refractivity (Wildman–Crippen MR) is 77.0 cm³/mol. The first-order valence-electron chi connectivity index (χ1n) is 6.79. The third-order valence-electron chi connectivity index (χ3n) is 2.87. The topological polar surface area (TPSA) is 29.1 Å². The number of hydrogen-bond acceptors (Lipinski definition) is 2. The normalized spacial score (nSPS) is 10.9. The van der Waals surface area contributed by atoms with Crippen molar-refractivity contribution >= 4 is 5.78 Å². The third-order valence-corrected chi connectivity index (χ3v) is 2.87. The lowest BCUT2D eigenvalue weighted by molar-refractivity contribution is -0.118. The van der Waals surface area contributed by atoms with Gasteiger partial charge in [0.1, 0.15) is 5.78 Å². The molecule has 1 rings (SSSR count). The van der Waals surface area contributed by atoms with Gasteiger partial charge in [-0.25, -0.2) is 0 Å². The first-order chi connectivity index (χ1) is 8.47. The molecule has 18 heavy (non-hydrogen) atoms. The van der Waals surface area contributed by atoms with Gasteiger partial charge in [-0.15, -0.1) is 0 Å². The van der Waals surface area contributed by atoms with E-state index in [4.69, 9.17) is 0 Å². The molecule has 0 atom stereocenters. The lowest BCUT2D eigenvalue weighted by Gasteiger charge is -2.08. The zero-order chi connectivity index (χ0) is 13.5. The highest BCUT2D eigenvalue weighted by Crippen LogP contribution is 2.10. The van der Waals surface area contributed by atoms with Crippen LogP contribution in [0.25, 0.3) is 0 Å². The van der Waals surface area contributed by atoms with E-state index in [1.54, 1.807) is 0 Å². The van der Waals surface area contributed by atoms with E-state index in [1.165, 1.54) is 11.1 Å². The van der Waals surface area contributed by atoms with E-state index >= 15 is 0 Å². The first-order valence-corrected chi connectivity index (χ1v) is 6.79. The van der Waals surface area contributed by atoms with Crippen LogP contribution in [0.15, 0.2) is 18.2 Å². The van der Waals surface area contributed by atoms with E-state index in [2.05, 4.69) is 51.2 Å². The summed E-state index contributed by atoms with van der Waals surface area (Å²) in [6, 6.07) is 6.86. The Kier molecular flexibility index (Phi) is 6.06. The summed E-state index contributed by atoms with van der Waals surface area (Å²) in [6.07, 6.45) is 2.18. The molecule has 100 valence electrons. The fourth-order valence-electron chi connectivity index (χ4n) is 2.16. The van der Waals surface area contributed by atoms with Gasteiger partial charge >= 0.3 is 0 Å². The van der Waals surface area contributed by atoms with E-state index < -0.39 is 0 Å². The van der Waals surface area contributed by atoms with Crippen molar-refractivity contribution in [1.29, 1.82) is 0 Å². The maximum absolute atomic E-state index is 11.9. The molecule has 2 nitrogen and oxygen atoms in total. The van der Waals surface area contributed by atoms with Crippen molar-refractivity contribution < 1.29 is 4.79 Å². The van der Waals surface area contributed by atoms with E-state index in [-0.39, 0.29) is 0 Å². The smallest absolute Gasteiger partial charge is 0.137 e. The zero-order valence-corrected chi connectivity index (χ0v) is 12.0. The summed E-state index contributed by atoms with van der Waals surface area (Å²) < 4.78 is 0. The first kappa shape index (κ1) is 14.9. The minimum Gasteiger partial charge on any atom is -0.315 e. The van der Waals surface area contributed by atoms with Gasteiger partial charge in [0, 0.05) is 18.9 Å². The number of Topliss-reactive ketones (excluding diaryl/α,β-unsaturated/α-hetero) is 1. The van der Waals surface area contributed by atoms with E-state index in [9.17, 15) is 4.79 Å². The fraction of sp³-hybridized carbons (Fsp3) is 0.562. The molecule has 0 aliphatic heterocycles. The molecule has 1 aromatic carbocycles. The fourth-order valence-corrected chi connectivity index (χ4v) is 2.16. The van der Waals surface area contributed by atoms with Crippen molar-refractivity contribution in [2.45, 2.75) is 53.0 Å². The Bertz CT molecular complexity index is 376. The highest BCUT2D eigenvalue weighted by atomic mass is 16.1. The minimum absolute atomic E-state index is 0.338. The number of benzene rings is 1. The second-order valence-electron chi connectivity index (χ2n) is 5.42. The molecular formula is C16H25NO. The summed E-state index contributed by atoms with van der Waals surface area (Å²) in [7, 11) is 0. The molecule has 1 aromatic rings. The number of rotatable bonds is 7. The highest BCUT2D eigenvalue weighted by Gasteiger charge is 2.05. The molecule has 0 aliphatic rings.